The smallest absolute Gasteiger partial charge is 0.348 e. The van der Waals surface area contributed by atoms with E-state index in [1.807, 2.05) is 110 Å². The van der Waals surface area contributed by atoms with Crippen LogP contribution >= 0.6 is 15.9 Å². The minimum Gasteiger partial charge on any atom is -0.388 e. The summed E-state index contributed by atoms with van der Waals surface area (Å²) in [5.41, 5.74) is 5.55. The average Bonchev–Trinajstić information content (AvgIpc) is 3.01. The number of fused-ring (bicyclic) bond motifs is 1. The number of para-hydroxylation sites is 1. The molecule has 0 aliphatic carbocycles. The molecule has 1 heterocycles. The zero-order chi connectivity index (χ0) is 29.5. The van der Waals surface area contributed by atoms with E-state index in [-0.39, 0.29) is 11.9 Å². The Morgan fingerprint density at radius 3 is 2.31 bits per heavy atom. The number of carbonyl (C=O) groups excluding carboxylic acids is 1. The maximum absolute atomic E-state index is 13.2. The van der Waals surface area contributed by atoms with Crippen LogP contribution in [0.5, 0.6) is 0 Å². The second-order valence-electron chi connectivity index (χ2n) is 10.1. The van der Waals surface area contributed by atoms with Crippen LogP contribution in [-0.2, 0) is 24.3 Å². The maximum atomic E-state index is 13.2. The molecule has 0 aliphatic heterocycles. The number of hydrogen-bond donors (Lipinski definition) is 2. The Hall–Kier alpha value is -4.43. The van der Waals surface area contributed by atoms with E-state index in [1.54, 1.807) is 0 Å². The van der Waals surface area contributed by atoms with Gasteiger partial charge in [0.25, 0.3) is 0 Å². The lowest BCUT2D eigenvalue weighted by molar-refractivity contribution is -0.131. The molecule has 5 rings (SSSR count). The van der Waals surface area contributed by atoms with Crippen LogP contribution in [0.2, 0.25) is 0 Å². The number of nitrogens with one attached hydrogen (secondary N) is 2. The molecule has 1 amide bonds. The third-order valence-corrected chi connectivity index (χ3v) is 7.87. The molecule has 0 radical (unpaired) electrons. The zero-order valence-corrected chi connectivity index (χ0v) is 25.3. The van der Waals surface area contributed by atoms with Gasteiger partial charge in [0.2, 0.25) is 5.91 Å². The fourth-order valence-electron chi connectivity index (χ4n) is 4.94. The van der Waals surface area contributed by atoms with Gasteiger partial charge in [-0.25, -0.2) is 4.79 Å². The molecule has 4 aromatic carbocycles. The molecule has 5 aromatic rings. The van der Waals surface area contributed by atoms with Crippen LogP contribution in [0.3, 0.4) is 0 Å². The Labute approximate surface area is 253 Å². The molecule has 0 atom stereocenters. The number of aryl methyl sites for hydroxylation is 2. The van der Waals surface area contributed by atoms with Gasteiger partial charge in [-0.2, -0.15) is 4.98 Å². The summed E-state index contributed by atoms with van der Waals surface area (Å²) in [5, 5.41) is 7.02. The second kappa shape index (κ2) is 13.5. The van der Waals surface area contributed by atoms with Crippen LogP contribution in [0.1, 0.15) is 35.6 Å². The van der Waals surface area contributed by atoms with Gasteiger partial charge in [0.05, 0.1) is 10.9 Å². The molecule has 0 fully saturated rings. The number of anilines is 3. The van der Waals surface area contributed by atoms with Crippen molar-refractivity contribution < 1.29 is 9.21 Å². The number of benzene rings is 4. The largest absolute Gasteiger partial charge is 0.388 e. The molecule has 214 valence electrons. The van der Waals surface area contributed by atoms with Gasteiger partial charge in [-0.1, -0.05) is 78.9 Å². The van der Waals surface area contributed by atoms with E-state index >= 15 is 0 Å². The minimum atomic E-state index is -0.476. The number of aromatic nitrogens is 1. The van der Waals surface area contributed by atoms with E-state index < -0.39 is 5.63 Å². The molecule has 0 spiro atoms. The lowest BCUT2D eigenvalue weighted by Crippen LogP contribution is -2.30. The number of hydrogen-bond acceptors (Lipinski definition) is 6. The number of halogens is 1. The number of nitrogens with zero attached hydrogens (tertiary/aromatic N) is 2. The predicted octanol–water partition coefficient (Wildman–Crippen LogP) is 7.60. The minimum absolute atomic E-state index is 0.0857. The summed E-state index contributed by atoms with van der Waals surface area (Å²) in [6.45, 7) is 5.72. The van der Waals surface area contributed by atoms with E-state index in [0.717, 1.165) is 33.6 Å². The quantitative estimate of drug-likeness (QED) is 0.157. The topological polar surface area (TPSA) is 87.5 Å². The van der Waals surface area contributed by atoms with Crippen LogP contribution in [0, 0.1) is 6.92 Å². The van der Waals surface area contributed by atoms with Crippen molar-refractivity contribution >= 4 is 50.1 Å². The first-order valence-electron chi connectivity index (χ1n) is 14.0. The predicted molar refractivity (Wildman–Crippen MR) is 172 cm³/mol. The van der Waals surface area contributed by atoms with Gasteiger partial charge < -0.3 is 20.0 Å². The normalized spacial score (nSPS) is 10.9. The van der Waals surface area contributed by atoms with Crippen molar-refractivity contribution in [1.82, 2.24) is 9.88 Å². The van der Waals surface area contributed by atoms with Gasteiger partial charge in [-0.05, 0) is 70.6 Å². The summed E-state index contributed by atoms with van der Waals surface area (Å²) in [6.07, 6.45) is 0.891. The van der Waals surface area contributed by atoms with Crippen molar-refractivity contribution in [3.05, 3.63) is 128 Å². The third kappa shape index (κ3) is 6.89. The first-order chi connectivity index (χ1) is 20.4. The highest BCUT2D eigenvalue weighted by Crippen LogP contribution is 2.31. The molecule has 2 N–H and O–H groups in total. The summed E-state index contributed by atoms with van der Waals surface area (Å²) < 4.78 is 6.34. The van der Waals surface area contributed by atoms with Crippen LogP contribution in [0.25, 0.3) is 10.9 Å². The van der Waals surface area contributed by atoms with Crippen molar-refractivity contribution in [2.24, 2.45) is 0 Å². The molecule has 7 nitrogen and oxygen atoms in total. The molecule has 0 bridgehead atoms. The molecular formula is C34H33BrN4O3. The van der Waals surface area contributed by atoms with Crippen molar-refractivity contribution in [2.45, 2.75) is 39.8 Å². The SMILES string of the molecule is CCN(Cc1ccccc1)C(=O)CCc1ccccc1Nc1nc2c(Br)cc(NCc3ccccc3)c(C)c2c(=O)o1. The fraction of sp³-hybridized carbons (Fsp3) is 0.206. The molecule has 8 heteroatoms. The Morgan fingerprint density at radius 1 is 0.929 bits per heavy atom. The summed E-state index contributed by atoms with van der Waals surface area (Å²) in [5.74, 6) is 0.0857. The highest BCUT2D eigenvalue weighted by atomic mass is 79.9. The molecule has 0 unspecified atom stereocenters. The Morgan fingerprint density at radius 2 is 1.60 bits per heavy atom. The first-order valence-corrected chi connectivity index (χ1v) is 14.8. The lowest BCUT2D eigenvalue weighted by atomic mass is 10.1. The molecule has 0 saturated heterocycles. The van der Waals surface area contributed by atoms with E-state index in [1.165, 1.54) is 0 Å². The van der Waals surface area contributed by atoms with Crippen LogP contribution in [-0.4, -0.2) is 22.3 Å². The summed E-state index contributed by atoms with van der Waals surface area (Å²) in [4.78, 5) is 32.8. The maximum Gasteiger partial charge on any atom is 0.348 e. The summed E-state index contributed by atoms with van der Waals surface area (Å²) in [6, 6.07) is 29.8. The molecule has 0 saturated carbocycles. The van der Waals surface area contributed by atoms with E-state index in [0.29, 0.717) is 47.9 Å². The number of rotatable bonds is 11. The standard InChI is InChI=1S/C34H33BrN4O3/c1-3-39(22-25-14-8-5-9-15-25)30(40)19-18-26-16-10-11-17-28(26)37-34-38-32-27(35)20-29(23(2)31(32)33(41)42-34)36-21-24-12-6-4-7-13-24/h4-17,20,36H,3,18-19,21-22H2,1-2H3,(H,37,38). The van der Waals surface area contributed by atoms with Crippen molar-refractivity contribution in [1.29, 1.82) is 0 Å². The van der Waals surface area contributed by atoms with Crippen LogP contribution in [0.15, 0.2) is 105 Å². The lowest BCUT2D eigenvalue weighted by Gasteiger charge is -2.21. The monoisotopic (exact) mass is 624 g/mol. The number of amides is 1. The van der Waals surface area contributed by atoms with Crippen molar-refractivity contribution in [2.75, 3.05) is 17.2 Å². The second-order valence-corrected chi connectivity index (χ2v) is 10.9. The van der Waals surface area contributed by atoms with Gasteiger partial charge in [0.15, 0.2) is 0 Å². The summed E-state index contributed by atoms with van der Waals surface area (Å²) >= 11 is 3.61. The van der Waals surface area contributed by atoms with Crippen molar-refractivity contribution in [3.8, 4) is 0 Å². The van der Waals surface area contributed by atoms with Gasteiger partial charge in [-0.15, -0.1) is 0 Å². The highest BCUT2D eigenvalue weighted by Gasteiger charge is 2.17. The zero-order valence-electron chi connectivity index (χ0n) is 23.7. The average molecular weight is 626 g/mol. The van der Waals surface area contributed by atoms with E-state index in [4.69, 9.17) is 4.42 Å². The van der Waals surface area contributed by atoms with Gasteiger partial charge in [0, 0.05) is 41.9 Å². The van der Waals surface area contributed by atoms with Crippen LogP contribution < -0.4 is 16.3 Å². The Balaban J connectivity index is 1.32. The Kier molecular flexibility index (Phi) is 9.34. The first kappa shape index (κ1) is 29.1. The fourth-order valence-corrected chi connectivity index (χ4v) is 5.46. The number of carbonyl (C=O) groups is 1. The Bertz CT molecular complexity index is 1740. The molecule has 1 aromatic heterocycles. The van der Waals surface area contributed by atoms with E-state index in [2.05, 4.69) is 31.5 Å². The highest BCUT2D eigenvalue weighted by molar-refractivity contribution is 9.10. The van der Waals surface area contributed by atoms with Gasteiger partial charge in [0.1, 0.15) is 0 Å². The van der Waals surface area contributed by atoms with E-state index in [9.17, 15) is 9.59 Å². The van der Waals surface area contributed by atoms with Gasteiger partial charge >= 0.3 is 11.6 Å². The molecule has 42 heavy (non-hydrogen) atoms. The van der Waals surface area contributed by atoms with Gasteiger partial charge in [-0.3, -0.25) is 4.79 Å². The van der Waals surface area contributed by atoms with Crippen LogP contribution in [0.4, 0.5) is 17.4 Å². The summed E-state index contributed by atoms with van der Waals surface area (Å²) in [7, 11) is 0. The third-order valence-electron chi connectivity index (χ3n) is 7.26. The van der Waals surface area contributed by atoms with Crippen molar-refractivity contribution in [3.63, 3.8) is 0 Å². The molecular weight excluding hydrogens is 592 g/mol. The molecule has 0 aliphatic rings.